The first-order valence-electron chi connectivity index (χ1n) is 6.58. The third kappa shape index (κ3) is 2.81. The molecule has 2 N–H and O–H groups in total. The van der Waals surface area contributed by atoms with Crippen molar-refractivity contribution in [1.29, 1.82) is 0 Å². The lowest BCUT2D eigenvalue weighted by Crippen LogP contribution is -2.23. The minimum Gasteiger partial charge on any atom is -0.488 e. The molecule has 7 heteroatoms. The number of nitrogens with zero attached hydrogens (tertiary/aromatic N) is 4. The van der Waals surface area contributed by atoms with E-state index in [1.807, 2.05) is 6.92 Å². The maximum Gasteiger partial charge on any atom is 0.368 e. The SMILES string of the molecule is CCCC(C)Oc1ccc(N)cc1-n1nnn(C)c1=O. The van der Waals surface area contributed by atoms with Crippen LogP contribution in [0.1, 0.15) is 26.7 Å². The molecule has 0 saturated carbocycles. The fourth-order valence-corrected chi connectivity index (χ4v) is 1.95. The number of nitrogens with two attached hydrogens (primary N) is 1. The molecule has 20 heavy (non-hydrogen) atoms. The van der Waals surface area contributed by atoms with Gasteiger partial charge in [0.15, 0.2) is 0 Å². The summed E-state index contributed by atoms with van der Waals surface area (Å²) < 4.78 is 8.21. The Morgan fingerprint density at radius 1 is 1.40 bits per heavy atom. The Kier molecular flexibility index (Phi) is 4.07. The van der Waals surface area contributed by atoms with Crippen molar-refractivity contribution in [2.24, 2.45) is 7.05 Å². The number of ether oxygens (including phenoxy) is 1. The lowest BCUT2D eigenvalue weighted by molar-refractivity contribution is 0.209. The molecule has 0 amide bonds. The number of hydrogen-bond donors (Lipinski definition) is 1. The van der Waals surface area contributed by atoms with Crippen LogP contribution < -0.4 is 16.2 Å². The van der Waals surface area contributed by atoms with Crippen molar-refractivity contribution in [2.45, 2.75) is 32.8 Å². The second-order valence-corrected chi connectivity index (χ2v) is 4.74. The summed E-state index contributed by atoms with van der Waals surface area (Å²) in [6.07, 6.45) is 2.00. The number of nitrogen functional groups attached to an aromatic ring is 1. The lowest BCUT2D eigenvalue weighted by Gasteiger charge is -2.16. The van der Waals surface area contributed by atoms with Crippen molar-refractivity contribution in [3.8, 4) is 11.4 Å². The molecule has 108 valence electrons. The molecule has 1 unspecified atom stereocenters. The van der Waals surface area contributed by atoms with Crippen LogP contribution >= 0.6 is 0 Å². The van der Waals surface area contributed by atoms with Gasteiger partial charge in [-0.15, -0.1) is 0 Å². The summed E-state index contributed by atoms with van der Waals surface area (Å²) in [4.78, 5) is 11.9. The van der Waals surface area contributed by atoms with E-state index < -0.39 is 0 Å². The molecule has 0 spiro atoms. The van der Waals surface area contributed by atoms with E-state index in [0.717, 1.165) is 17.5 Å². The Balaban J connectivity index is 2.43. The van der Waals surface area contributed by atoms with Crippen LogP contribution in [0.15, 0.2) is 23.0 Å². The predicted octanol–water partition coefficient (Wildman–Crippen LogP) is 1.12. The lowest BCUT2D eigenvalue weighted by atomic mass is 10.2. The number of tetrazole rings is 1. The van der Waals surface area contributed by atoms with Crippen LogP contribution in [0.5, 0.6) is 5.75 Å². The molecule has 0 fully saturated rings. The molecule has 0 aliphatic carbocycles. The van der Waals surface area contributed by atoms with Crippen molar-refractivity contribution >= 4 is 5.69 Å². The molecule has 0 saturated heterocycles. The van der Waals surface area contributed by atoms with Gasteiger partial charge in [0.1, 0.15) is 11.4 Å². The van der Waals surface area contributed by atoms with E-state index in [-0.39, 0.29) is 11.8 Å². The molecule has 0 radical (unpaired) electrons. The normalized spacial score (nSPS) is 12.3. The van der Waals surface area contributed by atoms with E-state index >= 15 is 0 Å². The Morgan fingerprint density at radius 2 is 2.15 bits per heavy atom. The molecule has 1 aromatic carbocycles. The number of anilines is 1. The van der Waals surface area contributed by atoms with E-state index in [0.29, 0.717) is 17.1 Å². The van der Waals surface area contributed by atoms with E-state index in [4.69, 9.17) is 10.5 Å². The number of benzene rings is 1. The maximum absolute atomic E-state index is 11.9. The molecule has 2 rings (SSSR count). The molecular formula is C13H19N5O2. The highest BCUT2D eigenvalue weighted by Crippen LogP contribution is 2.25. The van der Waals surface area contributed by atoms with Gasteiger partial charge in [-0.25, -0.2) is 4.79 Å². The molecule has 1 heterocycles. The quantitative estimate of drug-likeness (QED) is 0.827. The van der Waals surface area contributed by atoms with E-state index in [1.54, 1.807) is 25.2 Å². The van der Waals surface area contributed by atoms with Gasteiger partial charge in [0, 0.05) is 12.7 Å². The van der Waals surface area contributed by atoms with Gasteiger partial charge in [0.05, 0.1) is 6.10 Å². The topological polar surface area (TPSA) is 88.0 Å². The fraction of sp³-hybridized carbons (Fsp3) is 0.462. The van der Waals surface area contributed by atoms with Crippen molar-refractivity contribution in [3.63, 3.8) is 0 Å². The highest BCUT2D eigenvalue weighted by atomic mass is 16.5. The molecule has 0 aliphatic heterocycles. The molecular weight excluding hydrogens is 258 g/mol. The standard InChI is InChI=1S/C13H19N5O2/c1-4-5-9(2)20-12-7-6-10(14)8-11(12)18-13(19)17(3)15-16-18/h6-9H,4-5,14H2,1-3H3. The molecule has 0 bridgehead atoms. The van der Waals surface area contributed by atoms with Crippen LogP contribution in [0.2, 0.25) is 0 Å². The molecule has 2 aromatic rings. The van der Waals surface area contributed by atoms with Crippen LogP contribution in [0, 0.1) is 0 Å². The van der Waals surface area contributed by atoms with Gasteiger partial charge in [-0.2, -0.15) is 9.36 Å². The summed E-state index contributed by atoms with van der Waals surface area (Å²) in [5, 5.41) is 7.52. The molecule has 1 aromatic heterocycles. The van der Waals surface area contributed by atoms with E-state index in [1.165, 1.54) is 4.68 Å². The first-order valence-corrected chi connectivity index (χ1v) is 6.58. The van der Waals surface area contributed by atoms with Crippen LogP contribution in [0.3, 0.4) is 0 Å². The van der Waals surface area contributed by atoms with Crippen LogP contribution in [0.25, 0.3) is 5.69 Å². The maximum atomic E-state index is 11.9. The Bertz CT molecular complexity index is 646. The second-order valence-electron chi connectivity index (χ2n) is 4.74. The zero-order valence-electron chi connectivity index (χ0n) is 11.9. The zero-order chi connectivity index (χ0) is 14.7. The van der Waals surface area contributed by atoms with Gasteiger partial charge in [-0.3, -0.25) is 0 Å². The fourth-order valence-electron chi connectivity index (χ4n) is 1.95. The molecule has 1 atom stereocenters. The average Bonchev–Trinajstić information content (AvgIpc) is 2.73. The number of hydrogen-bond acceptors (Lipinski definition) is 5. The van der Waals surface area contributed by atoms with Crippen LogP contribution in [-0.2, 0) is 7.05 Å². The predicted molar refractivity (Wildman–Crippen MR) is 76.0 cm³/mol. The number of aromatic nitrogens is 4. The minimum atomic E-state index is -0.344. The van der Waals surface area contributed by atoms with Gasteiger partial charge >= 0.3 is 5.69 Å². The summed E-state index contributed by atoms with van der Waals surface area (Å²) in [6, 6.07) is 5.14. The third-order valence-corrected chi connectivity index (χ3v) is 2.96. The van der Waals surface area contributed by atoms with Crippen molar-refractivity contribution < 1.29 is 4.74 Å². The summed E-state index contributed by atoms with van der Waals surface area (Å²) >= 11 is 0. The molecule has 7 nitrogen and oxygen atoms in total. The highest BCUT2D eigenvalue weighted by molar-refractivity contribution is 5.55. The summed E-state index contributed by atoms with van der Waals surface area (Å²) in [5.41, 5.74) is 6.48. The number of aryl methyl sites for hydroxylation is 1. The van der Waals surface area contributed by atoms with E-state index in [2.05, 4.69) is 17.4 Å². The zero-order valence-corrected chi connectivity index (χ0v) is 11.9. The van der Waals surface area contributed by atoms with Crippen molar-refractivity contribution in [1.82, 2.24) is 19.8 Å². The number of rotatable bonds is 5. The van der Waals surface area contributed by atoms with Crippen molar-refractivity contribution in [2.75, 3.05) is 5.73 Å². The summed E-state index contributed by atoms with van der Waals surface area (Å²) in [7, 11) is 1.54. The van der Waals surface area contributed by atoms with Crippen LogP contribution in [-0.4, -0.2) is 25.9 Å². The second kappa shape index (κ2) is 5.77. The minimum absolute atomic E-state index is 0.0507. The first-order chi connectivity index (χ1) is 9.52. The largest absolute Gasteiger partial charge is 0.488 e. The third-order valence-electron chi connectivity index (χ3n) is 2.96. The summed E-state index contributed by atoms with van der Waals surface area (Å²) in [5.74, 6) is 0.572. The van der Waals surface area contributed by atoms with Gasteiger partial charge in [-0.05, 0) is 42.0 Å². The van der Waals surface area contributed by atoms with Crippen molar-refractivity contribution in [3.05, 3.63) is 28.7 Å². The van der Waals surface area contributed by atoms with Gasteiger partial charge in [0.25, 0.3) is 0 Å². The smallest absolute Gasteiger partial charge is 0.368 e. The Hall–Kier alpha value is -2.31. The monoisotopic (exact) mass is 277 g/mol. The Morgan fingerprint density at radius 3 is 2.75 bits per heavy atom. The van der Waals surface area contributed by atoms with Gasteiger partial charge < -0.3 is 10.5 Å². The average molecular weight is 277 g/mol. The summed E-state index contributed by atoms with van der Waals surface area (Å²) in [6.45, 7) is 4.08. The highest BCUT2D eigenvalue weighted by Gasteiger charge is 2.14. The molecule has 0 aliphatic rings. The first kappa shape index (κ1) is 14.1. The van der Waals surface area contributed by atoms with Gasteiger partial charge in [0.2, 0.25) is 0 Å². The van der Waals surface area contributed by atoms with Crippen LogP contribution in [0.4, 0.5) is 5.69 Å². The Labute approximate surface area is 116 Å². The van der Waals surface area contributed by atoms with Gasteiger partial charge in [-0.1, -0.05) is 13.3 Å². The van der Waals surface area contributed by atoms with E-state index in [9.17, 15) is 4.79 Å².